The number of fused-ring (bicyclic) bond motifs is 8. The lowest BCUT2D eigenvalue weighted by Gasteiger charge is -2.38. The maximum atomic E-state index is 13.2. The first kappa shape index (κ1) is 27.6. The average Bonchev–Trinajstić information content (AvgIpc) is 3.35. The molecule has 6 bridgehead atoms. The van der Waals surface area contributed by atoms with Crippen LogP contribution >= 0.6 is 11.3 Å². The van der Waals surface area contributed by atoms with Crippen LogP contribution in [0.15, 0.2) is 47.8 Å². The molecular formula is C30H34N4O5S. The van der Waals surface area contributed by atoms with E-state index in [1.807, 2.05) is 64.6 Å². The minimum absolute atomic E-state index is 0.0225. The van der Waals surface area contributed by atoms with Gasteiger partial charge in [-0.15, -0.1) is 11.3 Å². The van der Waals surface area contributed by atoms with E-state index in [0.29, 0.717) is 51.4 Å². The van der Waals surface area contributed by atoms with E-state index in [9.17, 15) is 14.4 Å². The predicted molar refractivity (Wildman–Crippen MR) is 152 cm³/mol. The summed E-state index contributed by atoms with van der Waals surface area (Å²) in [4.78, 5) is 45.9. The lowest BCUT2D eigenvalue weighted by molar-refractivity contribution is -0.134. The highest BCUT2D eigenvalue weighted by Crippen LogP contribution is 2.38. The molecule has 3 aliphatic heterocycles. The Kier molecular flexibility index (Phi) is 8.64. The monoisotopic (exact) mass is 562 g/mol. The number of carbonyl (C=O) groups excluding carboxylic acids is 3. The van der Waals surface area contributed by atoms with Gasteiger partial charge in [0.2, 0.25) is 17.7 Å². The van der Waals surface area contributed by atoms with Crippen LogP contribution in [-0.2, 0) is 27.2 Å². The van der Waals surface area contributed by atoms with E-state index < -0.39 is 0 Å². The minimum Gasteiger partial charge on any atom is -0.494 e. The van der Waals surface area contributed by atoms with E-state index in [-0.39, 0.29) is 36.7 Å². The number of nitrogens with zero attached hydrogens (tertiary/aromatic N) is 3. The van der Waals surface area contributed by atoms with Crippen LogP contribution in [0.5, 0.6) is 11.5 Å². The summed E-state index contributed by atoms with van der Waals surface area (Å²) in [6, 6.07) is 13.5. The van der Waals surface area contributed by atoms with Crippen molar-refractivity contribution < 1.29 is 23.9 Å². The van der Waals surface area contributed by atoms with Gasteiger partial charge in [0.15, 0.2) is 0 Å². The summed E-state index contributed by atoms with van der Waals surface area (Å²) >= 11 is 1.55. The number of aromatic nitrogens is 1. The Hall–Kier alpha value is -3.92. The topological polar surface area (TPSA) is 101 Å². The Morgan fingerprint density at radius 3 is 2.65 bits per heavy atom. The largest absolute Gasteiger partial charge is 0.494 e. The second-order valence-electron chi connectivity index (χ2n) is 10.0. The second kappa shape index (κ2) is 12.5. The standard InChI is InChI=1S/C30H34N4O5S/c1-20(35)31-18-29(37)34-11-9-22-15-26-7-8-27(22)30(34)23-5-3-6-25(16-23)38-13-4-10-33(12-14-39-26)28(36)17-24-19-40-21(2)32-24/h3,5-8,15-16,19,30H,4,9-14,17-18H2,1-2H3,(H,31,35). The first-order valence-electron chi connectivity index (χ1n) is 13.6. The number of benzene rings is 2. The molecule has 1 N–H and O–H groups in total. The van der Waals surface area contributed by atoms with Gasteiger partial charge >= 0.3 is 0 Å². The zero-order valence-electron chi connectivity index (χ0n) is 22.9. The number of rotatable bonds is 4. The Balaban J connectivity index is 1.40. The highest BCUT2D eigenvalue weighted by Gasteiger charge is 2.32. The van der Waals surface area contributed by atoms with Crippen molar-refractivity contribution in [2.75, 3.05) is 39.4 Å². The van der Waals surface area contributed by atoms with Crippen molar-refractivity contribution in [3.8, 4) is 11.5 Å². The normalized spacial score (nSPS) is 17.1. The molecule has 1 unspecified atom stereocenters. The fourth-order valence-corrected chi connectivity index (χ4v) is 5.85. The van der Waals surface area contributed by atoms with Crippen molar-refractivity contribution in [1.82, 2.24) is 20.1 Å². The predicted octanol–water partition coefficient (Wildman–Crippen LogP) is 3.29. The molecule has 1 aromatic heterocycles. The van der Waals surface area contributed by atoms with Crippen molar-refractivity contribution in [3.05, 3.63) is 75.2 Å². The third-order valence-corrected chi connectivity index (χ3v) is 7.97. The number of ether oxygens (including phenoxy) is 2. The summed E-state index contributed by atoms with van der Waals surface area (Å²) in [6.45, 7) is 5.63. The molecule has 3 amide bonds. The Bertz CT molecular complexity index is 1390. The molecule has 3 aromatic rings. The molecule has 9 nitrogen and oxygen atoms in total. The molecule has 10 heteroatoms. The van der Waals surface area contributed by atoms with Crippen LogP contribution in [0.25, 0.3) is 0 Å². The van der Waals surface area contributed by atoms with Crippen molar-refractivity contribution in [3.63, 3.8) is 0 Å². The van der Waals surface area contributed by atoms with Crippen LogP contribution in [0.2, 0.25) is 0 Å². The smallest absolute Gasteiger partial charge is 0.242 e. The van der Waals surface area contributed by atoms with Gasteiger partial charge in [-0.3, -0.25) is 14.4 Å². The summed E-state index contributed by atoms with van der Waals surface area (Å²) in [5.41, 5.74) is 3.86. The first-order chi connectivity index (χ1) is 19.4. The van der Waals surface area contributed by atoms with E-state index >= 15 is 0 Å². The van der Waals surface area contributed by atoms with E-state index in [0.717, 1.165) is 33.1 Å². The van der Waals surface area contributed by atoms with E-state index in [4.69, 9.17) is 9.47 Å². The maximum Gasteiger partial charge on any atom is 0.242 e. The summed E-state index contributed by atoms with van der Waals surface area (Å²) in [5.74, 6) is 1.10. The van der Waals surface area contributed by atoms with Gasteiger partial charge in [0, 0.05) is 25.4 Å². The van der Waals surface area contributed by atoms with E-state index in [2.05, 4.69) is 10.3 Å². The molecule has 0 saturated carbocycles. The second-order valence-corrected chi connectivity index (χ2v) is 11.1. The molecule has 3 aliphatic rings. The lowest BCUT2D eigenvalue weighted by Crippen LogP contribution is -2.45. The molecule has 0 saturated heterocycles. The van der Waals surface area contributed by atoms with Crippen LogP contribution in [0.3, 0.4) is 0 Å². The van der Waals surface area contributed by atoms with Gasteiger partial charge in [0.25, 0.3) is 0 Å². The molecule has 210 valence electrons. The van der Waals surface area contributed by atoms with Crippen LogP contribution in [0.1, 0.15) is 46.8 Å². The minimum atomic E-state index is -0.307. The highest BCUT2D eigenvalue weighted by molar-refractivity contribution is 7.09. The van der Waals surface area contributed by atoms with Gasteiger partial charge in [-0.25, -0.2) is 4.98 Å². The zero-order valence-corrected chi connectivity index (χ0v) is 23.7. The fraction of sp³-hybridized carbons (Fsp3) is 0.400. The maximum absolute atomic E-state index is 13.2. The number of carbonyl (C=O) groups is 3. The Morgan fingerprint density at radius 1 is 1.02 bits per heavy atom. The van der Waals surface area contributed by atoms with Crippen LogP contribution < -0.4 is 14.8 Å². The van der Waals surface area contributed by atoms with Crippen LogP contribution in [0, 0.1) is 6.92 Å². The fourth-order valence-electron chi connectivity index (χ4n) is 5.23. The summed E-state index contributed by atoms with van der Waals surface area (Å²) in [7, 11) is 0. The molecule has 6 rings (SSSR count). The van der Waals surface area contributed by atoms with E-state index in [1.165, 1.54) is 6.92 Å². The van der Waals surface area contributed by atoms with Crippen molar-refractivity contribution in [1.29, 1.82) is 0 Å². The summed E-state index contributed by atoms with van der Waals surface area (Å²) in [6.07, 6.45) is 1.60. The van der Waals surface area contributed by atoms with Gasteiger partial charge < -0.3 is 24.6 Å². The molecule has 0 fully saturated rings. The van der Waals surface area contributed by atoms with Gasteiger partial charge in [0.1, 0.15) is 18.1 Å². The average molecular weight is 563 g/mol. The van der Waals surface area contributed by atoms with Gasteiger partial charge in [0.05, 0.1) is 42.9 Å². The van der Waals surface area contributed by atoms with Gasteiger partial charge in [-0.2, -0.15) is 0 Å². The van der Waals surface area contributed by atoms with Crippen molar-refractivity contribution in [2.24, 2.45) is 0 Å². The Morgan fingerprint density at radius 2 is 1.85 bits per heavy atom. The molecule has 0 aliphatic carbocycles. The zero-order chi connectivity index (χ0) is 28.1. The lowest BCUT2D eigenvalue weighted by atomic mass is 9.87. The Labute approximate surface area is 238 Å². The molecule has 0 radical (unpaired) electrons. The van der Waals surface area contributed by atoms with Gasteiger partial charge in [-0.1, -0.05) is 18.2 Å². The summed E-state index contributed by atoms with van der Waals surface area (Å²) in [5, 5.41) is 5.52. The third kappa shape index (κ3) is 6.62. The SMILES string of the molecule is CC(=O)NCC(=O)N1CCc2cc3ccc2C1c1cccc(c1)OCCCN(C(=O)Cc1csc(C)n1)CCO3. The van der Waals surface area contributed by atoms with Crippen molar-refractivity contribution >= 4 is 29.1 Å². The number of nitrogens with one attached hydrogen (secondary N) is 1. The van der Waals surface area contributed by atoms with Crippen molar-refractivity contribution in [2.45, 2.75) is 39.2 Å². The highest BCUT2D eigenvalue weighted by atomic mass is 32.1. The molecule has 1 atom stereocenters. The first-order valence-corrected chi connectivity index (χ1v) is 14.5. The molecule has 0 spiro atoms. The van der Waals surface area contributed by atoms with Crippen LogP contribution in [-0.4, -0.2) is 71.9 Å². The number of hydrogen-bond donors (Lipinski definition) is 1. The quantitative estimate of drug-likeness (QED) is 0.524. The number of aryl methyl sites for hydroxylation is 1. The van der Waals surface area contributed by atoms with Gasteiger partial charge in [-0.05, 0) is 60.7 Å². The number of thiazole rings is 1. The third-order valence-electron chi connectivity index (χ3n) is 7.15. The molecule has 2 aromatic carbocycles. The van der Waals surface area contributed by atoms with Crippen LogP contribution in [0.4, 0.5) is 0 Å². The molecule has 40 heavy (non-hydrogen) atoms. The van der Waals surface area contributed by atoms with E-state index in [1.54, 1.807) is 11.3 Å². The molecule has 4 heterocycles. The number of hydrogen-bond acceptors (Lipinski definition) is 7. The molecular weight excluding hydrogens is 528 g/mol. The summed E-state index contributed by atoms with van der Waals surface area (Å²) < 4.78 is 12.2. The number of amides is 3.